The quantitative estimate of drug-likeness (QED) is 0.569. The van der Waals surface area contributed by atoms with E-state index < -0.39 is 12.3 Å². The number of anilines is 1. The van der Waals surface area contributed by atoms with Crippen molar-refractivity contribution in [3.8, 4) is 11.4 Å². The van der Waals surface area contributed by atoms with Gasteiger partial charge in [-0.3, -0.25) is 4.79 Å². The van der Waals surface area contributed by atoms with E-state index in [1.54, 1.807) is 30.3 Å². The average molecular weight is 354 g/mol. The number of alkyl halides is 2. The van der Waals surface area contributed by atoms with E-state index in [-0.39, 0.29) is 11.7 Å². The van der Waals surface area contributed by atoms with Crippen LogP contribution in [0.4, 0.5) is 14.5 Å². The summed E-state index contributed by atoms with van der Waals surface area (Å²) in [4.78, 5) is 19.0. The molecule has 6 nitrogen and oxygen atoms in total. The molecule has 130 valence electrons. The van der Waals surface area contributed by atoms with Crippen molar-refractivity contribution >= 4 is 22.5 Å². The van der Waals surface area contributed by atoms with Gasteiger partial charge in [0.05, 0.1) is 0 Å². The van der Waals surface area contributed by atoms with Crippen molar-refractivity contribution in [2.24, 2.45) is 0 Å². The number of H-pyrrole nitrogens is 1. The summed E-state index contributed by atoms with van der Waals surface area (Å²) in [6, 6.07) is 15.8. The highest BCUT2D eigenvalue weighted by Gasteiger charge is 2.17. The normalized spacial score (nSPS) is 11.2. The topological polar surface area (TPSA) is 83.8 Å². The molecule has 0 aliphatic carbocycles. The Morgan fingerprint density at radius 3 is 2.58 bits per heavy atom. The second-order valence-electron chi connectivity index (χ2n) is 5.56. The first-order valence-electron chi connectivity index (χ1n) is 7.71. The van der Waals surface area contributed by atoms with Gasteiger partial charge in [-0.05, 0) is 36.4 Å². The fraction of sp³-hybridized carbons (Fsp3) is 0.0556. The van der Waals surface area contributed by atoms with E-state index in [4.69, 9.17) is 0 Å². The van der Waals surface area contributed by atoms with Crippen LogP contribution in [0.1, 0.15) is 22.8 Å². The third kappa shape index (κ3) is 3.04. The predicted octanol–water partition coefficient (Wildman–Crippen LogP) is 4.41. The first-order chi connectivity index (χ1) is 12.6. The molecule has 0 fully saturated rings. The Balaban J connectivity index is 1.50. The molecule has 4 rings (SSSR count). The standard InChI is InChI=1S/C18H12F2N4O2/c19-15(20)18-23-16(24-26-18)10-5-7-12(8-6-10)21-17(25)14-9-11-3-1-2-4-13(11)22-14/h1-9,15,22H,(H,21,25). The Hall–Kier alpha value is -3.55. The number of nitrogens with one attached hydrogen (secondary N) is 2. The van der Waals surface area contributed by atoms with Crippen LogP contribution in [0.15, 0.2) is 59.1 Å². The first kappa shape index (κ1) is 15.9. The van der Waals surface area contributed by atoms with Gasteiger partial charge in [-0.1, -0.05) is 23.4 Å². The molecule has 2 aromatic carbocycles. The number of hydrogen-bond acceptors (Lipinski definition) is 4. The number of aromatic amines is 1. The zero-order valence-corrected chi connectivity index (χ0v) is 13.2. The molecule has 0 aliphatic heterocycles. The van der Waals surface area contributed by atoms with Gasteiger partial charge in [0.15, 0.2) is 0 Å². The van der Waals surface area contributed by atoms with Gasteiger partial charge in [-0.2, -0.15) is 13.8 Å². The van der Waals surface area contributed by atoms with Crippen molar-refractivity contribution in [3.63, 3.8) is 0 Å². The zero-order chi connectivity index (χ0) is 18.1. The van der Waals surface area contributed by atoms with E-state index in [9.17, 15) is 13.6 Å². The van der Waals surface area contributed by atoms with Crippen molar-refractivity contribution < 1.29 is 18.1 Å². The van der Waals surface area contributed by atoms with Crippen molar-refractivity contribution in [2.45, 2.75) is 6.43 Å². The number of nitrogens with zero attached hydrogens (tertiary/aromatic N) is 2. The lowest BCUT2D eigenvalue weighted by atomic mass is 10.2. The van der Waals surface area contributed by atoms with Crippen molar-refractivity contribution in [1.82, 2.24) is 15.1 Å². The maximum absolute atomic E-state index is 12.5. The Bertz CT molecular complexity index is 1040. The van der Waals surface area contributed by atoms with Gasteiger partial charge < -0.3 is 14.8 Å². The number of carbonyl (C=O) groups excluding carboxylic acids is 1. The van der Waals surface area contributed by atoms with Crippen LogP contribution in [0.5, 0.6) is 0 Å². The number of carbonyl (C=O) groups is 1. The Morgan fingerprint density at radius 2 is 1.88 bits per heavy atom. The van der Waals surface area contributed by atoms with Crippen molar-refractivity contribution in [3.05, 3.63) is 66.2 Å². The van der Waals surface area contributed by atoms with Gasteiger partial charge in [-0.25, -0.2) is 0 Å². The number of benzene rings is 2. The van der Waals surface area contributed by atoms with E-state index in [0.29, 0.717) is 16.9 Å². The van der Waals surface area contributed by atoms with E-state index in [1.165, 1.54) is 0 Å². The van der Waals surface area contributed by atoms with Crippen LogP contribution in [0, 0.1) is 0 Å². The van der Waals surface area contributed by atoms with Crippen LogP contribution in [-0.2, 0) is 0 Å². The molecule has 0 saturated carbocycles. The lowest BCUT2D eigenvalue weighted by Crippen LogP contribution is -2.12. The summed E-state index contributed by atoms with van der Waals surface area (Å²) in [5.41, 5.74) is 2.37. The zero-order valence-electron chi connectivity index (χ0n) is 13.2. The summed E-state index contributed by atoms with van der Waals surface area (Å²) in [6.45, 7) is 0. The van der Waals surface area contributed by atoms with Crippen LogP contribution in [0.2, 0.25) is 0 Å². The summed E-state index contributed by atoms with van der Waals surface area (Å²) in [6.07, 6.45) is -2.81. The number of aromatic nitrogens is 3. The summed E-state index contributed by atoms with van der Waals surface area (Å²) < 4.78 is 29.5. The summed E-state index contributed by atoms with van der Waals surface area (Å²) in [5, 5.41) is 7.22. The van der Waals surface area contributed by atoms with Gasteiger partial charge in [0.25, 0.3) is 11.8 Å². The number of rotatable bonds is 4. The molecule has 4 aromatic rings. The molecule has 0 unspecified atom stereocenters. The first-order valence-corrected chi connectivity index (χ1v) is 7.71. The summed E-state index contributed by atoms with van der Waals surface area (Å²) in [7, 11) is 0. The van der Waals surface area contributed by atoms with E-state index >= 15 is 0 Å². The van der Waals surface area contributed by atoms with Crippen LogP contribution >= 0.6 is 0 Å². The second-order valence-corrected chi connectivity index (χ2v) is 5.56. The molecule has 1 amide bonds. The molecule has 0 atom stereocenters. The van der Waals surface area contributed by atoms with Crippen molar-refractivity contribution in [1.29, 1.82) is 0 Å². The lowest BCUT2D eigenvalue weighted by molar-refractivity contribution is 0.102. The third-order valence-electron chi connectivity index (χ3n) is 3.80. The number of fused-ring (bicyclic) bond motifs is 1. The summed E-state index contributed by atoms with van der Waals surface area (Å²) in [5.74, 6) is -0.946. The molecular weight excluding hydrogens is 342 g/mol. The predicted molar refractivity (Wildman–Crippen MR) is 90.9 cm³/mol. The monoisotopic (exact) mass is 354 g/mol. The molecular formula is C18H12F2N4O2. The molecule has 8 heteroatoms. The van der Waals surface area contributed by atoms with Crippen LogP contribution in [0.3, 0.4) is 0 Å². The highest BCUT2D eigenvalue weighted by atomic mass is 19.3. The molecule has 2 N–H and O–H groups in total. The molecule has 0 aliphatic rings. The minimum atomic E-state index is -2.81. The average Bonchev–Trinajstić information content (AvgIpc) is 3.29. The Morgan fingerprint density at radius 1 is 1.12 bits per heavy atom. The van der Waals surface area contributed by atoms with Gasteiger partial charge in [0, 0.05) is 22.2 Å². The minimum absolute atomic E-state index is 0.0637. The van der Waals surface area contributed by atoms with E-state index in [0.717, 1.165) is 10.9 Å². The van der Waals surface area contributed by atoms with E-state index in [1.807, 2.05) is 24.3 Å². The highest BCUT2D eigenvalue weighted by molar-refractivity contribution is 6.05. The minimum Gasteiger partial charge on any atom is -0.351 e. The number of para-hydroxylation sites is 1. The molecule has 2 heterocycles. The Labute approximate surface area is 145 Å². The van der Waals surface area contributed by atoms with Crippen LogP contribution in [0.25, 0.3) is 22.3 Å². The van der Waals surface area contributed by atoms with Gasteiger partial charge in [0.1, 0.15) is 5.69 Å². The maximum Gasteiger partial charge on any atom is 0.315 e. The Kier molecular flexibility index (Phi) is 3.92. The number of hydrogen-bond donors (Lipinski definition) is 2. The van der Waals surface area contributed by atoms with Gasteiger partial charge in [-0.15, -0.1) is 0 Å². The highest BCUT2D eigenvalue weighted by Crippen LogP contribution is 2.23. The van der Waals surface area contributed by atoms with Gasteiger partial charge >= 0.3 is 6.43 Å². The van der Waals surface area contributed by atoms with Gasteiger partial charge in [0.2, 0.25) is 5.82 Å². The fourth-order valence-electron chi connectivity index (χ4n) is 2.54. The van der Waals surface area contributed by atoms with Crippen LogP contribution in [-0.4, -0.2) is 21.0 Å². The molecule has 26 heavy (non-hydrogen) atoms. The van der Waals surface area contributed by atoms with Crippen molar-refractivity contribution in [2.75, 3.05) is 5.32 Å². The lowest BCUT2D eigenvalue weighted by Gasteiger charge is -2.04. The molecule has 2 aromatic heterocycles. The maximum atomic E-state index is 12.5. The second kappa shape index (κ2) is 6.40. The SMILES string of the molecule is O=C(Nc1ccc(-c2noc(C(F)F)n2)cc1)c1cc2ccccc2[nH]1. The smallest absolute Gasteiger partial charge is 0.315 e. The van der Waals surface area contributed by atoms with Crippen LogP contribution < -0.4 is 5.32 Å². The molecule has 0 bridgehead atoms. The number of amides is 1. The number of halogens is 2. The molecule has 0 saturated heterocycles. The summed E-state index contributed by atoms with van der Waals surface area (Å²) >= 11 is 0. The fourth-order valence-corrected chi connectivity index (χ4v) is 2.54. The molecule has 0 radical (unpaired) electrons. The molecule has 0 spiro atoms. The van der Waals surface area contributed by atoms with E-state index in [2.05, 4.69) is 25.0 Å². The largest absolute Gasteiger partial charge is 0.351 e. The third-order valence-corrected chi connectivity index (χ3v) is 3.80.